The quantitative estimate of drug-likeness (QED) is 0.619. The first-order valence-electron chi connectivity index (χ1n) is 11.0. The second-order valence-corrected chi connectivity index (χ2v) is 8.41. The zero-order chi connectivity index (χ0) is 22.8. The predicted octanol–water partition coefficient (Wildman–Crippen LogP) is 4.43. The molecule has 1 amide bonds. The molecule has 7 heteroatoms. The van der Waals surface area contributed by atoms with E-state index in [-0.39, 0.29) is 18.1 Å². The number of aromatic nitrogens is 2. The zero-order valence-electron chi connectivity index (χ0n) is 19.3. The highest BCUT2D eigenvalue weighted by Crippen LogP contribution is 2.36. The van der Waals surface area contributed by atoms with E-state index in [1.165, 1.54) is 11.1 Å². The predicted molar refractivity (Wildman–Crippen MR) is 125 cm³/mol. The van der Waals surface area contributed by atoms with E-state index < -0.39 is 0 Å². The molecule has 1 aliphatic rings. The van der Waals surface area contributed by atoms with E-state index in [0.717, 1.165) is 23.1 Å². The summed E-state index contributed by atoms with van der Waals surface area (Å²) in [4.78, 5) is 22.8. The van der Waals surface area contributed by atoms with Crippen LogP contribution in [-0.2, 0) is 4.79 Å². The molecular weight excluding hydrogens is 404 g/mol. The minimum Gasteiger partial charge on any atom is -0.493 e. The normalized spacial score (nSPS) is 16.8. The van der Waals surface area contributed by atoms with Crippen molar-refractivity contribution in [1.82, 2.24) is 14.9 Å². The van der Waals surface area contributed by atoms with Crippen molar-refractivity contribution in [2.24, 2.45) is 0 Å². The molecule has 0 spiro atoms. The first-order valence-corrected chi connectivity index (χ1v) is 11.0. The number of aryl methyl sites for hydroxylation is 2. The Morgan fingerprint density at radius 1 is 1.19 bits per heavy atom. The van der Waals surface area contributed by atoms with Gasteiger partial charge in [0.05, 0.1) is 19.2 Å². The number of rotatable bonds is 6. The molecule has 168 valence electrons. The van der Waals surface area contributed by atoms with Crippen LogP contribution in [-0.4, -0.2) is 47.1 Å². The Morgan fingerprint density at radius 3 is 2.69 bits per heavy atom. The average molecular weight is 435 g/mol. The van der Waals surface area contributed by atoms with Crippen LogP contribution in [0.2, 0.25) is 0 Å². The van der Waals surface area contributed by atoms with Crippen LogP contribution < -0.4 is 14.8 Å². The number of carbonyl (C=O) groups excluding carboxylic acids is 1. The number of methoxy groups -OCH3 is 1. The molecule has 4 rings (SSSR count). The largest absolute Gasteiger partial charge is 0.493 e. The number of benzene rings is 2. The number of ether oxygens (including phenoxy) is 2. The molecule has 1 N–H and O–H groups in total. The maximum atomic E-state index is 11.7. The van der Waals surface area contributed by atoms with Crippen molar-refractivity contribution in [2.45, 2.75) is 46.3 Å². The molecule has 2 aromatic carbocycles. The lowest BCUT2D eigenvalue weighted by Crippen LogP contribution is -2.28. The van der Waals surface area contributed by atoms with Crippen LogP contribution in [0.25, 0.3) is 10.9 Å². The van der Waals surface area contributed by atoms with Gasteiger partial charge in [-0.2, -0.15) is 0 Å². The van der Waals surface area contributed by atoms with Crippen LogP contribution in [0, 0.1) is 13.8 Å². The summed E-state index contributed by atoms with van der Waals surface area (Å²) < 4.78 is 11.9. The van der Waals surface area contributed by atoms with Gasteiger partial charge in [0.25, 0.3) is 0 Å². The number of hydrogen-bond donors (Lipinski definition) is 1. The molecule has 0 radical (unpaired) electrons. The van der Waals surface area contributed by atoms with Crippen molar-refractivity contribution in [1.29, 1.82) is 0 Å². The summed E-state index contributed by atoms with van der Waals surface area (Å²) in [6.45, 7) is 8.97. The minimum absolute atomic E-state index is 0.0674. The van der Waals surface area contributed by atoms with Gasteiger partial charge in [-0.3, -0.25) is 4.79 Å². The summed E-state index contributed by atoms with van der Waals surface area (Å²) in [5.41, 5.74) is 3.20. The molecule has 2 atom stereocenters. The lowest BCUT2D eigenvalue weighted by Gasteiger charge is -2.20. The Balaban J connectivity index is 1.67. The smallest absolute Gasteiger partial charge is 0.219 e. The van der Waals surface area contributed by atoms with Gasteiger partial charge >= 0.3 is 0 Å². The molecule has 0 bridgehead atoms. The molecule has 32 heavy (non-hydrogen) atoms. The van der Waals surface area contributed by atoms with Crippen LogP contribution in [0.3, 0.4) is 0 Å². The third-order valence-corrected chi connectivity index (χ3v) is 5.87. The van der Waals surface area contributed by atoms with Crippen molar-refractivity contribution >= 4 is 22.6 Å². The van der Waals surface area contributed by atoms with Gasteiger partial charge in [-0.25, -0.2) is 9.97 Å². The van der Waals surface area contributed by atoms with E-state index in [0.29, 0.717) is 30.4 Å². The topological polar surface area (TPSA) is 76.6 Å². The molecule has 1 fully saturated rings. The monoisotopic (exact) mass is 434 g/mol. The molecule has 1 saturated heterocycles. The van der Waals surface area contributed by atoms with Gasteiger partial charge < -0.3 is 19.7 Å². The molecule has 1 aromatic heterocycles. The summed E-state index contributed by atoms with van der Waals surface area (Å²) in [5.74, 6) is 2.76. The number of hydrogen-bond acceptors (Lipinski definition) is 6. The Morgan fingerprint density at radius 2 is 2.00 bits per heavy atom. The van der Waals surface area contributed by atoms with Crippen LogP contribution in [0.5, 0.6) is 11.5 Å². The SMILES string of the molecule is COc1cc2nc(C)nc(N[C@H](C)c3cccc(C)c3)c2cc1O[C@H]1CCN(C(C)=O)C1. The third-order valence-electron chi connectivity index (χ3n) is 5.87. The molecule has 0 unspecified atom stereocenters. The first kappa shape index (κ1) is 21.9. The third kappa shape index (κ3) is 4.61. The van der Waals surface area contributed by atoms with E-state index in [2.05, 4.69) is 53.4 Å². The zero-order valence-corrected chi connectivity index (χ0v) is 19.3. The summed E-state index contributed by atoms with van der Waals surface area (Å²) in [6.07, 6.45) is 0.722. The fourth-order valence-electron chi connectivity index (χ4n) is 4.13. The second-order valence-electron chi connectivity index (χ2n) is 8.41. The summed E-state index contributed by atoms with van der Waals surface area (Å²) in [6, 6.07) is 12.3. The molecule has 1 aliphatic heterocycles. The van der Waals surface area contributed by atoms with Crippen molar-refractivity contribution in [2.75, 3.05) is 25.5 Å². The summed E-state index contributed by atoms with van der Waals surface area (Å²) in [7, 11) is 1.62. The molecule has 7 nitrogen and oxygen atoms in total. The van der Waals surface area contributed by atoms with Gasteiger partial charge in [0, 0.05) is 37.4 Å². The van der Waals surface area contributed by atoms with Gasteiger partial charge in [-0.05, 0) is 32.4 Å². The number of carbonyl (C=O) groups is 1. The molecular formula is C25H30N4O3. The number of nitrogens with one attached hydrogen (secondary N) is 1. The molecule has 0 aliphatic carbocycles. The minimum atomic E-state index is -0.0701. The van der Waals surface area contributed by atoms with E-state index in [1.54, 1.807) is 18.9 Å². The van der Waals surface area contributed by atoms with Crippen LogP contribution in [0.1, 0.15) is 43.3 Å². The summed E-state index contributed by atoms with van der Waals surface area (Å²) in [5, 5.41) is 4.42. The Bertz CT molecular complexity index is 1150. The van der Waals surface area contributed by atoms with Crippen molar-refractivity contribution in [3.05, 3.63) is 53.3 Å². The van der Waals surface area contributed by atoms with Crippen LogP contribution >= 0.6 is 0 Å². The second kappa shape index (κ2) is 9.02. The number of nitrogens with zero attached hydrogens (tertiary/aromatic N) is 3. The maximum absolute atomic E-state index is 11.7. The van der Waals surface area contributed by atoms with E-state index >= 15 is 0 Å². The van der Waals surface area contributed by atoms with Crippen molar-refractivity contribution < 1.29 is 14.3 Å². The van der Waals surface area contributed by atoms with Crippen molar-refractivity contribution in [3.63, 3.8) is 0 Å². The molecule has 0 saturated carbocycles. The molecule has 2 heterocycles. The Kier molecular flexibility index (Phi) is 6.17. The maximum Gasteiger partial charge on any atom is 0.219 e. The van der Waals surface area contributed by atoms with Crippen LogP contribution in [0.4, 0.5) is 5.82 Å². The number of amides is 1. The highest BCUT2D eigenvalue weighted by atomic mass is 16.5. The van der Waals surface area contributed by atoms with Crippen molar-refractivity contribution in [3.8, 4) is 11.5 Å². The van der Waals surface area contributed by atoms with Gasteiger partial charge in [-0.15, -0.1) is 0 Å². The Hall–Kier alpha value is -3.35. The molecule has 3 aromatic rings. The highest BCUT2D eigenvalue weighted by molar-refractivity contribution is 5.92. The highest BCUT2D eigenvalue weighted by Gasteiger charge is 2.27. The van der Waals surface area contributed by atoms with Crippen LogP contribution in [0.15, 0.2) is 36.4 Å². The van der Waals surface area contributed by atoms with Gasteiger partial charge in [-0.1, -0.05) is 29.8 Å². The van der Waals surface area contributed by atoms with E-state index in [4.69, 9.17) is 9.47 Å². The van der Waals surface area contributed by atoms with E-state index in [9.17, 15) is 4.79 Å². The van der Waals surface area contributed by atoms with Gasteiger partial charge in [0.15, 0.2) is 11.5 Å². The van der Waals surface area contributed by atoms with E-state index in [1.807, 2.05) is 19.1 Å². The first-order chi connectivity index (χ1) is 15.3. The number of fused-ring (bicyclic) bond motifs is 1. The number of likely N-dealkylation sites (tertiary alicyclic amines) is 1. The fraction of sp³-hybridized carbons (Fsp3) is 0.400. The lowest BCUT2D eigenvalue weighted by atomic mass is 10.1. The summed E-state index contributed by atoms with van der Waals surface area (Å²) >= 11 is 0. The van der Waals surface area contributed by atoms with Gasteiger partial charge in [0.2, 0.25) is 5.91 Å². The number of anilines is 1. The Labute approximate surface area is 188 Å². The fourth-order valence-corrected chi connectivity index (χ4v) is 4.13. The standard InChI is InChI=1S/C25H30N4O3/c1-15-7-6-8-19(11-15)16(2)26-25-21-12-24(32-20-9-10-29(14-20)18(4)30)23(31-5)13-22(21)27-17(3)28-25/h6-8,11-13,16,20H,9-10,14H2,1-5H3,(H,26,27,28)/t16-,20+/m1/s1. The van der Waals surface area contributed by atoms with Gasteiger partial charge in [0.1, 0.15) is 17.7 Å². The lowest BCUT2D eigenvalue weighted by molar-refractivity contribution is -0.128. The average Bonchev–Trinajstić information content (AvgIpc) is 3.22.